The number of nitrogens with two attached hydrogens (primary N) is 1. The van der Waals surface area contributed by atoms with Crippen molar-refractivity contribution in [2.75, 3.05) is 13.1 Å². The first kappa shape index (κ1) is 18.1. The summed E-state index contributed by atoms with van der Waals surface area (Å²) in [5.74, 6) is 0.700. The molecule has 0 bridgehead atoms. The minimum atomic E-state index is -0.334. The number of benzene rings is 1. The quantitative estimate of drug-likeness (QED) is 0.639. The number of rotatable bonds is 7. The van der Waals surface area contributed by atoms with Crippen molar-refractivity contribution in [2.24, 2.45) is 5.73 Å². The Hall–Kier alpha value is -2.73. The molecule has 3 N–H and O–H groups in total. The predicted molar refractivity (Wildman–Crippen MR) is 103 cm³/mol. The summed E-state index contributed by atoms with van der Waals surface area (Å²) < 4.78 is 2.21. The number of fused-ring (bicyclic) bond motifs is 1. The van der Waals surface area contributed by atoms with E-state index in [2.05, 4.69) is 52.1 Å². The van der Waals surface area contributed by atoms with Crippen molar-refractivity contribution < 1.29 is 4.79 Å². The zero-order chi connectivity index (χ0) is 18.7. The Morgan fingerprint density at radius 3 is 2.58 bits per heavy atom. The third-order valence-electron chi connectivity index (χ3n) is 4.42. The van der Waals surface area contributed by atoms with Crippen LogP contribution in [-0.2, 0) is 17.6 Å². The average Bonchev–Trinajstić information content (AvgIpc) is 2.98. The molecular formula is C20H25N5O. The van der Waals surface area contributed by atoms with Crippen molar-refractivity contribution in [3.05, 3.63) is 53.1 Å². The second-order valence-electron chi connectivity index (χ2n) is 6.49. The molecule has 3 aromatic rings. The first-order chi connectivity index (χ1) is 12.5. The van der Waals surface area contributed by atoms with Crippen molar-refractivity contribution in [1.82, 2.24) is 19.9 Å². The maximum atomic E-state index is 10.7. The largest absolute Gasteiger partial charge is 0.369 e. The van der Waals surface area contributed by atoms with Gasteiger partial charge in [0, 0.05) is 17.8 Å². The molecule has 3 rings (SSSR count). The lowest BCUT2D eigenvalue weighted by Crippen LogP contribution is -2.29. The fourth-order valence-corrected chi connectivity index (χ4v) is 3.21. The van der Waals surface area contributed by atoms with Crippen LogP contribution in [0.1, 0.15) is 29.7 Å². The van der Waals surface area contributed by atoms with Crippen LogP contribution in [0, 0.1) is 13.8 Å². The lowest BCUT2D eigenvalue weighted by molar-refractivity contribution is -0.117. The monoisotopic (exact) mass is 351 g/mol. The Balaban J connectivity index is 1.88. The number of carbonyl (C=O) groups is 1. The van der Waals surface area contributed by atoms with E-state index in [9.17, 15) is 4.79 Å². The molecule has 1 amide bonds. The predicted octanol–water partition coefficient (Wildman–Crippen LogP) is 2.22. The van der Waals surface area contributed by atoms with E-state index in [0.717, 1.165) is 53.3 Å². The van der Waals surface area contributed by atoms with Gasteiger partial charge in [-0.15, -0.1) is 0 Å². The van der Waals surface area contributed by atoms with Gasteiger partial charge < -0.3 is 11.1 Å². The number of nitrogens with zero attached hydrogens (tertiary/aromatic N) is 3. The van der Waals surface area contributed by atoms with Gasteiger partial charge in [0.25, 0.3) is 0 Å². The third kappa shape index (κ3) is 3.75. The third-order valence-corrected chi connectivity index (χ3v) is 4.42. The van der Waals surface area contributed by atoms with Crippen LogP contribution in [-0.4, -0.2) is 33.5 Å². The minimum absolute atomic E-state index is 0.214. The second kappa shape index (κ2) is 7.66. The summed E-state index contributed by atoms with van der Waals surface area (Å²) in [4.78, 5) is 20.1. The Kier molecular flexibility index (Phi) is 5.32. The summed E-state index contributed by atoms with van der Waals surface area (Å²) in [5, 5.41) is 3.03. The highest BCUT2D eigenvalue weighted by Crippen LogP contribution is 2.24. The average molecular weight is 351 g/mol. The van der Waals surface area contributed by atoms with E-state index in [-0.39, 0.29) is 12.5 Å². The smallest absolute Gasteiger partial charge is 0.231 e. The van der Waals surface area contributed by atoms with E-state index in [1.807, 2.05) is 13.8 Å². The highest BCUT2D eigenvalue weighted by atomic mass is 16.1. The highest BCUT2D eigenvalue weighted by molar-refractivity contribution is 5.80. The maximum Gasteiger partial charge on any atom is 0.231 e. The van der Waals surface area contributed by atoms with Gasteiger partial charge in [-0.2, -0.15) is 0 Å². The molecule has 0 radical (unpaired) electrons. The van der Waals surface area contributed by atoms with Crippen LogP contribution in [0.15, 0.2) is 30.3 Å². The van der Waals surface area contributed by atoms with Crippen molar-refractivity contribution in [3.8, 4) is 5.69 Å². The molecule has 2 heterocycles. The van der Waals surface area contributed by atoms with Crippen molar-refractivity contribution >= 4 is 16.9 Å². The number of aryl methyl sites for hydroxylation is 3. The first-order valence-corrected chi connectivity index (χ1v) is 8.93. The Bertz CT molecular complexity index is 928. The SMILES string of the molecule is CCc1nc2c(C)nc(C)cc2n1-c1ccc(CCNCC(N)=O)cc1. The summed E-state index contributed by atoms with van der Waals surface area (Å²) in [6.07, 6.45) is 1.70. The minimum Gasteiger partial charge on any atom is -0.369 e. The molecule has 6 heteroatoms. The Morgan fingerprint density at radius 1 is 1.19 bits per heavy atom. The van der Waals surface area contributed by atoms with Gasteiger partial charge >= 0.3 is 0 Å². The molecule has 0 spiro atoms. The van der Waals surface area contributed by atoms with Gasteiger partial charge in [-0.3, -0.25) is 14.3 Å². The molecule has 136 valence electrons. The van der Waals surface area contributed by atoms with E-state index in [1.54, 1.807) is 0 Å². The molecule has 0 aliphatic heterocycles. The van der Waals surface area contributed by atoms with Crippen LogP contribution >= 0.6 is 0 Å². The number of pyridine rings is 1. The lowest BCUT2D eigenvalue weighted by atomic mass is 10.1. The van der Waals surface area contributed by atoms with E-state index in [1.165, 1.54) is 5.56 Å². The van der Waals surface area contributed by atoms with Crippen LogP contribution in [0.4, 0.5) is 0 Å². The van der Waals surface area contributed by atoms with Gasteiger partial charge in [0.05, 0.1) is 17.8 Å². The van der Waals surface area contributed by atoms with Gasteiger partial charge in [-0.05, 0) is 50.6 Å². The zero-order valence-corrected chi connectivity index (χ0v) is 15.5. The number of hydrogen-bond donors (Lipinski definition) is 2. The highest BCUT2D eigenvalue weighted by Gasteiger charge is 2.14. The second-order valence-corrected chi connectivity index (χ2v) is 6.49. The fraction of sp³-hybridized carbons (Fsp3) is 0.350. The normalized spacial score (nSPS) is 11.2. The molecule has 1 aromatic carbocycles. The van der Waals surface area contributed by atoms with E-state index in [0.29, 0.717) is 0 Å². The number of amides is 1. The van der Waals surface area contributed by atoms with Gasteiger partial charge in [0.1, 0.15) is 11.3 Å². The molecule has 0 aliphatic rings. The van der Waals surface area contributed by atoms with E-state index in [4.69, 9.17) is 10.7 Å². The topological polar surface area (TPSA) is 85.8 Å². The molecule has 0 saturated heterocycles. The Labute approximate surface area is 153 Å². The zero-order valence-electron chi connectivity index (χ0n) is 15.5. The van der Waals surface area contributed by atoms with Crippen molar-refractivity contribution in [3.63, 3.8) is 0 Å². The van der Waals surface area contributed by atoms with Crippen molar-refractivity contribution in [2.45, 2.75) is 33.6 Å². The van der Waals surface area contributed by atoms with Gasteiger partial charge in [0.2, 0.25) is 5.91 Å². The van der Waals surface area contributed by atoms with E-state index >= 15 is 0 Å². The molecule has 0 unspecified atom stereocenters. The van der Waals surface area contributed by atoms with Crippen LogP contribution in [0.2, 0.25) is 0 Å². The Morgan fingerprint density at radius 2 is 1.92 bits per heavy atom. The number of aromatic nitrogens is 3. The molecule has 0 aliphatic carbocycles. The number of carbonyl (C=O) groups excluding carboxylic acids is 1. The molecule has 6 nitrogen and oxygen atoms in total. The molecule has 0 atom stereocenters. The number of nitrogens with one attached hydrogen (secondary N) is 1. The summed E-state index contributed by atoms with van der Waals surface area (Å²) in [6.45, 7) is 7.07. The van der Waals surface area contributed by atoms with Crippen LogP contribution in [0.5, 0.6) is 0 Å². The van der Waals surface area contributed by atoms with Gasteiger partial charge in [-0.1, -0.05) is 19.1 Å². The lowest BCUT2D eigenvalue weighted by Gasteiger charge is -2.10. The van der Waals surface area contributed by atoms with Gasteiger partial charge in [-0.25, -0.2) is 4.98 Å². The van der Waals surface area contributed by atoms with Crippen LogP contribution in [0.3, 0.4) is 0 Å². The number of imidazole rings is 1. The maximum absolute atomic E-state index is 10.7. The van der Waals surface area contributed by atoms with E-state index < -0.39 is 0 Å². The molecule has 0 fully saturated rings. The molecule has 0 saturated carbocycles. The fourth-order valence-electron chi connectivity index (χ4n) is 3.21. The summed E-state index contributed by atoms with van der Waals surface area (Å²) in [6, 6.07) is 10.6. The number of primary amides is 1. The van der Waals surface area contributed by atoms with Crippen LogP contribution in [0.25, 0.3) is 16.7 Å². The summed E-state index contributed by atoms with van der Waals surface area (Å²) >= 11 is 0. The first-order valence-electron chi connectivity index (χ1n) is 8.93. The standard InChI is InChI=1S/C20H25N5O/c1-4-19-24-20-14(3)23-13(2)11-17(20)25(19)16-7-5-15(6-8-16)9-10-22-12-18(21)26/h5-8,11,22H,4,9-10,12H2,1-3H3,(H2,21,26). The van der Waals surface area contributed by atoms with Gasteiger partial charge in [0.15, 0.2) is 0 Å². The molecular weight excluding hydrogens is 326 g/mol. The van der Waals surface area contributed by atoms with Crippen LogP contribution < -0.4 is 11.1 Å². The summed E-state index contributed by atoms with van der Waals surface area (Å²) in [5.41, 5.74) is 11.5. The number of hydrogen-bond acceptors (Lipinski definition) is 4. The van der Waals surface area contributed by atoms with Crippen molar-refractivity contribution in [1.29, 1.82) is 0 Å². The molecule has 26 heavy (non-hydrogen) atoms. The molecule has 2 aromatic heterocycles. The summed E-state index contributed by atoms with van der Waals surface area (Å²) in [7, 11) is 0.